The summed E-state index contributed by atoms with van der Waals surface area (Å²) < 4.78 is 0. The van der Waals surface area contributed by atoms with E-state index in [4.69, 9.17) is 0 Å². The van der Waals surface area contributed by atoms with Gasteiger partial charge in [-0.15, -0.1) is 0 Å². The molecule has 2 fully saturated rings. The van der Waals surface area contributed by atoms with Gasteiger partial charge in [-0.2, -0.15) is 6.42 Å². The van der Waals surface area contributed by atoms with Gasteiger partial charge in [0, 0.05) is 51.0 Å². The van der Waals surface area contributed by atoms with E-state index in [0.29, 0.717) is 5.92 Å². The topological polar surface area (TPSA) is 57.5 Å². The van der Waals surface area contributed by atoms with Crippen LogP contribution < -0.4 is 0 Å². The molecule has 2 N–H and O–H groups in total. The molecule has 0 heterocycles. The zero-order valence-corrected chi connectivity index (χ0v) is 19.2. The van der Waals surface area contributed by atoms with Gasteiger partial charge in [-0.3, -0.25) is 4.79 Å². The smallest absolute Gasteiger partial charge is 0.139 e. The fourth-order valence-corrected chi connectivity index (χ4v) is 4.93. The molecule has 0 spiro atoms. The number of Topliss-reactive ketones (excluding diaryl/α,β-unsaturated/α-hetero) is 1. The van der Waals surface area contributed by atoms with E-state index in [1.165, 1.54) is 12.8 Å². The van der Waals surface area contributed by atoms with Gasteiger partial charge in [0.1, 0.15) is 5.78 Å². The molecule has 1 unspecified atom stereocenters. The summed E-state index contributed by atoms with van der Waals surface area (Å²) in [6.07, 6.45) is 8.96. The van der Waals surface area contributed by atoms with Crippen LogP contribution in [0, 0.1) is 18.8 Å². The van der Waals surface area contributed by atoms with Crippen molar-refractivity contribution in [3.05, 3.63) is 42.3 Å². The zero-order valence-electron chi connectivity index (χ0n) is 16.4. The minimum Gasteiger partial charge on any atom is -0.392 e. The molecule has 2 aliphatic carbocycles. The van der Waals surface area contributed by atoms with Crippen molar-refractivity contribution in [3.8, 4) is 0 Å². The Hall–Kier alpha value is -0.0861. The van der Waals surface area contributed by atoms with Crippen LogP contribution in [-0.2, 0) is 37.5 Å². The molecule has 2 saturated carbocycles. The minimum absolute atomic E-state index is 0. The van der Waals surface area contributed by atoms with E-state index < -0.39 is 6.10 Å². The number of benzene rings is 1. The third-order valence-electron chi connectivity index (χ3n) is 6.45. The first kappa shape index (κ1) is 23.2. The molecule has 27 heavy (non-hydrogen) atoms. The Kier molecular flexibility index (Phi) is 9.61. The predicted octanol–water partition coefficient (Wildman–Crippen LogP) is 4.73. The van der Waals surface area contributed by atoms with Crippen LogP contribution in [0.5, 0.6) is 0 Å². The van der Waals surface area contributed by atoms with Crippen LogP contribution in [0.4, 0.5) is 0 Å². The van der Waals surface area contributed by atoms with E-state index in [9.17, 15) is 15.0 Å². The molecule has 0 amide bonds. The maximum absolute atomic E-state index is 12.4. The standard InChI is InChI=1S/C23H33O3.Y/c1-2-3-4-5-10-19-20(24)15-21(25)22(19)16-11-13-18(14-12-16)23(26)17-8-6-7-9-17;/h11-14,17,19,21-23,25-26H,1-10,15H2;/q-1;/t19-,21+,22+,23?;/m0./s1. The van der Waals surface area contributed by atoms with Crippen LogP contribution in [-0.4, -0.2) is 22.1 Å². The Morgan fingerprint density at radius 1 is 1.07 bits per heavy atom. The third kappa shape index (κ3) is 5.72. The van der Waals surface area contributed by atoms with E-state index in [2.05, 4.69) is 6.92 Å². The van der Waals surface area contributed by atoms with Crippen molar-refractivity contribution in [1.82, 2.24) is 0 Å². The number of hydrogen-bond acceptors (Lipinski definition) is 3. The molecule has 1 aromatic rings. The summed E-state index contributed by atoms with van der Waals surface area (Å²) in [5.74, 6) is 0.410. The molecule has 4 heteroatoms. The van der Waals surface area contributed by atoms with Gasteiger partial charge in [0.05, 0.1) is 12.2 Å². The average Bonchev–Trinajstić information content (AvgIpc) is 3.27. The van der Waals surface area contributed by atoms with Gasteiger partial charge >= 0.3 is 0 Å². The molecule has 0 aliphatic heterocycles. The summed E-state index contributed by atoms with van der Waals surface area (Å²) in [7, 11) is 0. The van der Waals surface area contributed by atoms with Gasteiger partial charge in [-0.25, -0.2) is 0 Å². The fraction of sp³-hybridized carbons (Fsp3) is 0.652. The Morgan fingerprint density at radius 2 is 1.74 bits per heavy atom. The van der Waals surface area contributed by atoms with Crippen LogP contribution in [0.1, 0.15) is 87.4 Å². The van der Waals surface area contributed by atoms with Crippen molar-refractivity contribution in [1.29, 1.82) is 0 Å². The van der Waals surface area contributed by atoms with Crippen LogP contribution >= 0.6 is 0 Å². The number of ketones is 1. The molecule has 0 aromatic heterocycles. The minimum atomic E-state index is -0.578. The molecule has 1 radical (unpaired) electrons. The summed E-state index contributed by atoms with van der Waals surface area (Å²) in [5.41, 5.74) is 2.00. The Bertz CT molecular complexity index is 580. The van der Waals surface area contributed by atoms with Crippen molar-refractivity contribution in [2.75, 3.05) is 0 Å². The van der Waals surface area contributed by atoms with E-state index >= 15 is 0 Å². The molecular formula is C23H33O3Y-. The monoisotopic (exact) mass is 446 g/mol. The van der Waals surface area contributed by atoms with Crippen molar-refractivity contribution < 1.29 is 47.7 Å². The molecule has 2 aliphatic rings. The number of carbonyl (C=O) groups excluding carboxylic acids is 1. The van der Waals surface area contributed by atoms with E-state index in [1.54, 1.807) is 0 Å². The van der Waals surface area contributed by atoms with Gasteiger partial charge in [-0.05, 0) is 36.3 Å². The van der Waals surface area contributed by atoms with Gasteiger partial charge < -0.3 is 17.1 Å². The summed E-state index contributed by atoms with van der Waals surface area (Å²) >= 11 is 0. The summed E-state index contributed by atoms with van der Waals surface area (Å²) in [6, 6.07) is 8.02. The second-order valence-electron chi connectivity index (χ2n) is 8.23. The van der Waals surface area contributed by atoms with Crippen LogP contribution in [0.2, 0.25) is 0 Å². The Morgan fingerprint density at radius 3 is 2.37 bits per heavy atom. The first-order valence-corrected chi connectivity index (χ1v) is 10.4. The number of rotatable bonds is 8. The zero-order chi connectivity index (χ0) is 18.5. The molecule has 4 atom stereocenters. The number of carbonyl (C=O) groups is 1. The van der Waals surface area contributed by atoms with Crippen molar-refractivity contribution in [2.24, 2.45) is 11.8 Å². The number of unbranched alkanes of at least 4 members (excludes halogenated alkanes) is 3. The molecule has 0 saturated heterocycles. The molecule has 3 rings (SSSR count). The first-order valence-electron chi connectivity index (χ1n) is 10.4. The summed E-state index contributed by atoms with van der Waals surface area (Å²) in [6.45, 7) is 3.87. The van der Waals surface area contributed by atoms with Crippen LogP contribution in [0.3, 0.4) is 0 Å². The summed E-state index contributed by atoms with van der Waals surface area (Å²) in [4.78, 5) is 12.4. The molecule has 147 valence electrons. The van der Waals surface area contributed by atoms with Crippen molar-refractivity contribution >= 4 is 5.78 Å². The third-order valence-corrected chi connectivity index (χ3v) is 6.45. The number of aliphatic hydroxyl groups is 2. The maximum Gasteiger partial charge on any atom is 0.139 e. The van der Waals surface area contributed by atoms with Crippen molar-refractivity contribution in [3.63, 3.8) is 0 Å². The average molecular weight is 446 g/mol. The Labute approximate surface area is 189 Å². The first-order chi connectivity index (χ1) is 12.6. The van der Waals surface area contributed by atoms with Gasteiger partial charge in [-0.1, -0.05) is 56.4 Å². The van der Waals surface area contributed by atoms with Crippen LogP contribution in [0.25, 0.3) is 0 Å². The Balaban J connectivity index is 0.00000261. The molecule has 0 bridgehead atoms. The largest absolute Gasteiger partial charge is 0.392 e. The van der Waals surface area contributed by atoms with Gasteiger partial charge in [0.2, 0.25) is 0 Å². The summed E-state index contributed by atoms with van der Waals surface area (Å²) in [5, 5.41) is 21.0. The van der Waals surface area contributed by atoms with E-state index in [0.717, 1.165) is 56.1 Å². The van der Waals surface area contributed by atoms with Crippen molar-refractivity contribution in [2.45, 2.75) is 82.3 Å². The predicted molar refractivity (Wildman–Crippen MR) is 104 cm³/mol. The normalized spacial score (nSPS) is 26.9. The molecule has 3 nitrogen and oxygen atoms in total. The second kappa shape index (κ2) is 11.2. The maximum atomic E-state index is 12.4. The number of hydrogen-bond donors (Lipinski definition) is 2. The number of aliphatic hydroxyl groups excluding tert-OH is 2. The van der Waals surface area contributed by atoms with E-state index in [1.807, 2.05) is 24.3 Å². The quantitative estimate of drug-likeness (QED) is 0.449. The second-order valence-corrected chi connectivity index (χ2v) is 8.23. The molecular weight excluding hydrogens is 413 g/mol. The van der Waals surface area contributed by atoms with Crippen LogP contribution in [0.15, 0.2) is 24.3 Å². The van der Waals surface area contributed by atoms with Gasteiger partial charge in [0.15, 0.2) is 0 Å². The van der Waals surface area contributed by atoms with E-state index in [-0.39, 0.29) is 62.9 Å². The molecule has 1 aromatic carbocycles. The SMILES string of the molecule is [CH2-]CCCCC[C@H]1C(=O)C[C@@H](O)[C@@H]1c1ccc(C(O)C2CCCC2)cc1.[Y]. The fourth-order valence-electron chi connectivity index (χ4n) is 4.93. The van der Waals surface area contributed by atoms with Gasteiger partial charge in [0.25, 0.3) is 0 Å².